The van der Waals surface area contributed by atoms with Crippen LogP contribution < -0.4 is 0 Å². The van der Waals surface area contributed by atoms with Gasteiger partial charge in [-0.1, -0.05) is 28.1 Å². The summed E-state index contributed by atoms with van der Waals surface area (Å²) in [5.74, 6) is 0.652. The van der Waals surface area contributed by atoms with Crippen molar-refractivity contribution in [2.75, 3.05) is 19.8 Å². The molecular formula is C14H13BrN2O2. The second-order valence-corrected chi connectivity index (χ2v) is 5.62. The van der Waals surface area contributed by atoms with Crippen LogP contribution in [0, 0.1) is 0 Å². The molecule has 4 nitrogen and oxygen atoms in total. The van der Waals surface area contributed by atoms with Crippen LogP contribution >= 0.6 is 15.9 Å². The molecule has 0 atom stereocenters. The van der Waals surface area contributed by atoms with Crippen molar-refractivity contribution in [1.29, 1.82) is 0 Å². The first kappa shape index (κ1) is 12.7. The molecule has 1 aliphatic rings. The van der Waals surface area contributed by atoms with Gasteiger partial charge in [-0.15, -0.1) is 0 Å². The van der Waals surface area contributed by atoms with Gasteiger partial charge in [0.25, 0.3) is 0 Å². The lowest BCUT2D eigenvalue weighted by atomic mass is 9.86. The Kier molecular flexibility index (Phi) is 3.35. The first-order chi connectivity index (χ1) is 9.23. The van der Waals surface area contributed by atoms with Gasteiger partial charge >= 0.3 is 0 Å². The Morgan fingerprint density at radius 3 is 2.79 bits per heavy atom. The fourth-order valence-electron chi connectivity index (χ4n) is 2.06. The Labute approximate surface area is 119 Å². The minimum atomic E-state index is -0.429. The van der Waals surface area contributed by atoms with Crippen molar-refractivity contribution in [3.8, 4) is 11.3 Å². The Morgan fingerprint density at radius 1 is 1.32 bits per heavy atom. The average molecular weight is 321 g/mol. The molecule has 0 radical (unpaired) electrons. The molecule has 0 bridgehead atoms. The lowest BCUT2D eigenvalue weighted by molar-refractivity contribution is -0.0883. The SMILES string of the molecule is OCC1(c2nccc(-c3cccc(Br)c3)n2)COC1. The van der Waals surface area contributed by atoms with Gasteiger partial charge in [-0.2, -0.15) is 0 Å². The Balaban J connectivity index is 2.00. The Morgan fingerprint density at radius 2 is 2.16 bits per heavy atom. The van der Waals surface area contributed by atoms with Crippen molar-refractivity contribution >= 4 is 15.9 Å². The second-order valence-electron chi connectivity index (χ2n) is 4.71. The third kappa shape index (κ3) is 2.29. The highest BCUT2D eigenvalue weighted by Crippen LogP contribution is 2.30. The quantitative estimate of drug-likeness (QED) is 0.941. The van der Waals surface area contributed by atoms with Crippen LogP contribution in [0.4, 0.5) is 0 Å². The summed E-state index contributed by atoms with van der Waals surface area (Å²) < 4.78 is 6.21. The molecule has 1 N–H and O–H groups in total. The first-order valence-corrected chi connectivity index (χ1v) is 6.81. The van der Waals surface area contributed by atoms with Gasteiger partial charge < -0.3 is 9.84 Å². The minimum Gasteiger partial charge on any atom is -0.395 e. The minimum absolute atomic E-state index is 0.00887. The summed E-state index contributed by atoms with van der Waals surface area (Å²) >= 11 is 3.45. The summed E-state index contributed by atoms with van der Waals surface area (Å²) in [6.45, 7) is 0.964. The van der Waals surface area contributed by atoms with E-state index >= 15 is 0 Å². The molecule has 0 unspecified atom stereocenters. The van der Waals surface area contributed by atoms with Gasteiger partial charge in [0.15, 0.2) is 0 Å². The van der Waals surface area contributed by atoms with E-state index in [0.29, 0.717) is 19.0 Å². The van der Waals surface area contributed by atoms with Crippen molar-refractivity contribution in [2.45, 2.75) is 5.41 Å². The van der Waals surface area contributed by atoms with Crippen LogP contribution in [-0.4, -0.2) is 34.9 Å². The number of aliphatic hydroxyl groups excluding tert-OH is 1. The van der Waals surface area contributed by atoms with Gasteiger partial charge in [0.1, 0.15) is 5.82 Å². The zero-order valence-corrected chi connectivity index (χ0v) is 11.8. The molecule has 2 heterocycles. The lowest BCUT2D eigenvalue weighted by Crippen LogP contribution is -2.51. The number of aliphatic hydroxyl groups is 1. The van der Waals surface area contributed by atoms with E-state index < -0.39 is 5.41 Å². The number of halogens is 1. The largest absolute Gasteiger partial charge is 0.395 e. The molecule has 98 valence electrons. The van der Waals surface area contributed by atoms with Gasteiger partial charge in [0.05, 0.1) is 30.9 Å². The summed E-state index contributed by atoms with van der Waals surface area (Å²) in [5, 5.41) is 9.53. The first-order valence-electron chi connectivity index (χ1n) is 6.02. The van der Waals surface area contributed by atoms with E-state index in [2.05, 4.69) is 25.9 Å². The van der Waals surface area contributed by atoms with Crippen LogP contribution in [0.25, 0.3) is 11.3 Å². The number of hydrogen-bond donors (Lipinski definition) is 1. The number of aromatic nitrogens is 2. The van der Waals surface area contributed by atoms with Crippen molar-refractivity contribution in [3.63, 3.8) is 0 Å². The van der Waals surface area contributed by atoms with Gasteiger partial charge in [-0.3, -0.25) is 0 Å². The normalized spacial score (nSPS) is 16.9. The molecule has 5 heteroatoms. The number of rotatable bonds is 3. The molecule has 2 aromatic rings. The number of benzene rings is 1. The van der Waals surface area contributed by atoms with Crippen LogP contribution in [0.5, 0.6) is 0 Å². The van der Waals surface area contributed by atoms with E-state index in [1.807, 2.05) is 30.3 Å². The zero-order valence-electron chi connectivity index (χ0n) is 10.2. The van der Waals surface area contributed by atoms with Gasteiger partial charge in [0, 0.05) is 16.2 Å². The van der Waals surface area contributed by atoms with Crippen molar-refractivity contribution in [3.05, 3.63) is 46.8 Å². The Bertz CT molecular complexity index is 594. The average Bonchev–Trinajstić information content (AvgIpc) is 2.39. The van der Waals surface area contributed by atoms with E-state index in [4.69, 9.17) is 4.74 Å². The van der Waals surface area contributed by atoms with E-state index in [1.54, 1.807) is 6.20 Å². The smallest absolute Gasteiger partial charge is 0.142 e. The van der Waals surface area contributed by atoms with Crippen LogP contribution in [0.2, 0.25) is 0 Å². The monoisotopic (exact) mass is 320 g/mol. The number of nitrogens with zero attached hydrogens (tertiary/aromatic N) is 2. The van der Waals surface area contributed by atoms with E-state index in [-0.39, 0.29) is 6.61 Å². The van der Waals surface area contributed by atoms with E-state index in [0.717, 1.165) is 15.7 Å². The van der Waals surface area contributed by atoms with E-state index in [9.17, 15) is 5.11 Å². The predicted octanol–water partition coefficient (Wildman–Crippen LogP) is 2.17. The molecule has 0 saturated carbocycles. The fourth-order valence-corrected chi connectivity index (χ4v) is 2.46. The zero-order chi connectivity index (χ0) is 13.3. The van der Waals surface area contributed by atoms with Gasteiger partial charge in [-0.25, -0.2) is 9.97 Å². The Hall–Kier alpha value is -1.30. The molecule has 1 fully saturated rings. The molecule has 0 aliphatic carbocycles. The highest BCUT2D eigenvalue weighted by molar-refractivity contribution is 9.10. The van der Waals surface area contributed by atoms with Crippen molar-refractivity contribution in [2.24, 2.45) is 0 Å². The third-order valence-corrected chi connectivity index (χ3v) is 3.80. The predicted molar refractivity (Wildman–Crippen MR) is 74.8 cm³/mol. The highest BCUT2D eigenvalue weighted by atomic mass is 79.9. The maximum absolute atomic E-state index is 9.53. The summed E-state index contributed by atoms with van der Waals surface area (Å²) in [7, 11) is 0. The molecule has 1 aliphatic heterocycles. The van der Waals surface area contributed by atoms with Crippen molar-refractivity contribution in [1.82, 2.24) is 9.97 Å². The van der Waals surface area contributed by atoms with Crippen LogP contribution in [0.1, 0.15) is 5.82 Å². The van der Waals surface area contributed by atoms with Crippen LogP contribution in [-0.2, 0) is 10.2 Å². The second kappa shape index (κ2) is 5.00. The topological polar surface area (TPSA) is 55.2 Å². The maximum atomic E-state index is 9.53. The standard InChI is InChI=1S/C14H13BrN2O2/c15-11-3-1-2-10(6-11)12-4-5-16-13(17-12)14(7-18)8-19-9-14/h1-6,18H,7-9H2. The molecule has 19 heavy (non-hydrogen) atoms. The van der Waals surface area contributed by atoms with E-state index in [1.165, 1.54) is 0 Å². The molecular weight excluding hydrogens is 308 g/mol. The summed E-state index contributed by atoms with van der Waals surface area (Å²) in [4.78, 5) is 8.87. The molecule has 0 spiro atoms. The summed E-state index contributed by atoms with van der Waals surface area (Å²) in [6, 6.07) is 9.82. The lowest BCUT2D eigenvalue weighted by Gasteiger charge is -2.38. The van der Waals surface area contributed by atoms with Gasteiger partial charge in [-0.05, 0) is 18.2 Å². The summed E-state index contributed by atoms with van der Waals surface area (Å²) in [6.07, 6.45) is 1.73. The number of hydrogen-bond acceptors (Lipinski definition) is 4. The molecule has 1 aromatic heterocycles. The fraction of sp³-hybridized carbons (Fsp3) is 0.286. The maximum Gasteiger partial charge on any atom is 0.142 e. The summed E-state index contributed by atoms with van der Waals surface area (Å²) in [5.41, 5.74) is 1.44. The van der Waals surface area contributed by atoms with Crippen LogP contribution in [0.15, 0.2) is 41.0 Å². The number of ether oxygens (including phenoxy) is 1. The molecule has 0 amide bonds. The molecule has 1 aromatic carbocycles. The van der Waals surface area contributed by atoms with Crippen molar-refractivity contribution < 1.29 is 9.84 Å². The molecule has 1 saturated heterocycles. The molecule has 3 rings (SSSR count). The van der Waals surface area contributed by atoms with Gasteiger partial charge in [0.2, 0.25) is 0 Å². The third-order valence-electron chi connectivity index (χ3n) is 3.31. The highest BCUT2D eigenvalue weighted by Gasteiger charge is 2.42. The van der Waals surface area contributed by atoms with Crippen LogP contribution in [0.3, 0.4) is 0 Å².